The minimum absolute atomic E-state index is 0.0585. The zero-order valence-electron chi connectivity index (χ0n) is 15.7. The van der Waals surface area contributed by atoms with Gasteiger partial charge < -0.3 is 10.4 Å². The van der Waals surface area contributed by atoms with Crippen molar-refractivity contribution in [2.75, 3.05) is 5.32 Å². The summed E-state index contributed by atoms with van der Waals surface area (Å²) in [7, 11) is 0. The van der Waals surface area contributed by atoms with Gasteiger partial charge in [0.2, 0.25) is 5.91 Å². The van der Waals surface area contributed by atoms with Crippen molar-refractivity contribution >= 4 is 39.6 Å². The molecular formula is C21H24BrN3O3. The van der Waals surface area contributed by atoms with Crippen molar-refractivity contribution in [2.24, 2.45) is 5.10 Å². The Balaban J connectivity index is 1.91. The highest BCUT2D eigenvalue weighted by Gasteiger charge is 2.08. The van der Waals surface area contributed by atoms with Crippen LogP contribution >= 0.6 is 15.9 Å². The van der Waals surface area contributed by atoms with Gasteiger partial charge in [-0.05, 0) is 42.8 Å². The van der Waals surface area contributed by atoms with Gasteiger partial charge in [0.1, 0.15) is 5.75 Å². The number of nitrogens with one attached hydrogen (secondary N) is 2. The fourth-order valence-corrected chi connectivity index (χ4v) is 2.91. The number of amides is 2. The molecule has 2 aromatic carbocycles. The smallest absolute Gasteiger partial charge is 0.271 e. The van der Waals surface area contributed by atoms with E-state index < -0.39 is 5.91 Å². The first kappa shape index (κ1) is 21.6. The number of phenolic OH excluding ortho intramolecular Hbond substituents is 1. The lowest BCUT2D eigenvalue weighted by atomic mass is 10.1. The van der Waals surface area contributed by atoms with Crippen molar-refractivity contribution in [1.82, 2.24) is 5.43 Å². The highest BCUT2D eigenvalue weighted by atomic mass is 79.9. The Hall–Kier alpha value is -2.67. The second-order valence-electron chi connectivity index (χ2n) is 6.34. The molecule has 3 N–H and O–H groups in total. The van der Waals surface area contributed by atoms with Crippen molar-refractivity contribution in [3.8, 4) is 5.75 Å². The second-order valence-corrected chi connectivity index (χ2v) is 7.26. The highest BCUT2D eigenvalue weighted by molar-refractivity contribution is 9.10. The zero-order chi connectivity index (χ0) is 20.4. The summed E-state index contributed by atoms with van der Waals surface area (Å²) in [5, 5.41) is 16.5. The van der Waals surface area contributed by atoms with Crippen LogP contribution in [0.1, 0.15) is 54.9 Å². The Labute approximate surface area is 173 Å². The zero-order valence-corrected chi connectivity index (χ0v) is 17.3. The number of carbonyl (C=O) groups is 2. The maximum atomic E-state index is 12.3. The third-order valence-electron chi connectivity index (χ3n) is 4.03. The fourth-order valence-electron chi connectivity index (χ4n) is 2.53. The van der Waals surface area contributed by atoms with E-state index in [0.29, 0.717) is 23.2 Å². The van der Waals surface area contributed by atoms with Crippen molar-refractivity contribution in [1.29, 1.82) is 0 Å². The van der Waals surface area contributed by atoms with Gasteiger partial charge in [-0.3, -0.25) is 9.59 Å². The Morgan fingerprint density at radius 1 is 1.14 bits per heavy atom. The molecule has 28 heavy (non-hydrogen) atoms. The van der Waals surface area contributed by atoms with Crippen molar-refractivity contribution in [3.05, 3.63) is 58.1 Å². The van der Waals surface area contributed by atoms with Gasteiger partial charge in [0, 0.05) is 27.7 Å². The number of aromatic hydroxyl groups is 1. The van der Waals surface area contributed by atoms with Crippen LogP contribution in [-0.4, -0.2) is 23.1 Å². The highest BCUT2D eigenvalue weighted by Crippen LogP contribution is 2.20. The third kappa shape index (κ3) is 7.15. The molecule has 6 nitrogen and oxygen atoms in total. The molecule has 0 radical (unpaired) electrons. The minimum Gasteiger partial charge on any atom is -0.507 e. The molecule has 2 rings (SSSR count). The summed E-state index contributed by atoms with van der Waals surface area (Å²) < 4.78 is 0.788. The maximum Gasteiger partial charge on any atom is 0.271 e. The van der Waals surface area contributed by atoms with Crippen LogP contribution in [0.2, 0.25) is 0 Å². The maximum absolute atomic E-state index is 12.3. The summed E-state index contributed by atoms with van der Waals surface area (Å²) in [4.78, 5) is 24.2. The summed E-state index contributed by atoms with van der Waals surface area (Å²) in [5.74, 6) is -0.411. The molecule has 0 unspecified atom stereocenters. The normalized spacial score (nSPS) is 10.8. The van der Waals surface area contributed by atoms with Crippen LogP contribution in [0.4, 0.5) is 5.69 Å². The standard InChI is InChI=1S/C21H24BrN3O3/c1-2-3-4-5-9-20(27)24-18-8-6-7-15(13-18)21(28)25-23-14-16-12-17(22)10-11-19(16)26/h6-8,10-14,26H,2-5,9H2,1H3,(H,24,27)(H,25,28). The number of anilines is 1. The first-order valence-electron chi connectivity index (χ1n) is 9.21. The van der Waals surface area contributed by atoms with Gasteiger partial charge in [0.05, 0.1) is 6.21 Å². The Morgan fingerprint density at radius 2 is 1.96 bits per heavy atom. The summed E-state index contributed by atoms with van der Waals surface area (Å²) >= 11 is 3.31. The average molecular weight is 446 g/mol. The van der Waals surface area contributed by atoms with E-state index in [0.717, 1.165) is 30.2 Å². The molecule has 0 aromatic heterocycles. The Bertz CT molecular complexity index is 853. The molecular weight excluding hydrogens is 422 g/mol. The van der Waals surface area contributed by atoms with Crippen LogP contribution in [0.3, 0.4) is 0 Å². The van der Waals surface area contributed by atoms with Gasteiger partial charge in [-0.25, -0.2) is 5.43 Å². The van der Waals surface area contributed by atoms with E-state index in [-0.39, 0.29) is 11.7 Å². The number of rotatable bonds is 9. The first-order chi connectivity index (χ1) is 13.5. The van der Waals surface area contributed by atoms with Gasteiger partial charge in [-0.15, -0.1) is 0 Å². The van der Waals surface area contributed by atoms with E-state index >= 15 is 0 Å². The monoisotopic (exact) mass is 445 g/mol. The number of halogens is 1. The van der Waals surface area contributed by atoms with Gasteiger partial charge in [-0.2, -0.15) is 5.10 Å². The third-order valence-corrected chi connectivity index (χ3v) is 4.52. The first-order valence-corrected chi connectivity index (χ1v) is 10.0. The van der Waals surface area contributed by atoms with Crippen molar-refractivity contribution in [2.45, 2.75) is 39.0 Å². The lowest BCUT2D eigenvalue weighted by Gasteiger charge is -2.07. The largest absolute Gasteiger partial charge is 0.507 e. The van der Waals surface area contributed by atoms with E-state index in [1.165, 1.54) is 12.3 Å². The fraction of sp³-hybridized carbons (Fsp3) is 0.286. The van der Waals surface area contributed by atoms with Crippen molar-refractivity contribution < 1.29 is 14.7 Å². The van der Waals surface area contributed by atoms with Gasteiger partial charge in [-0.1, -0.05) is 48.2 Å². The molecule has 0 saturated heterocycles. The predicted octanol–water partition coefficient (Wildman–Crippen LogP) is 4.83. The number of hydrogen-bond donors (Lipinski definition) is 3. The van der Waals surface area contributed by atoms with Crippen LogP contribution < -0.4 is 10.7 Å². The molecule has 0 heterocycles. The molecule has 0 bridgehead atoms. The Morgan fingerprint density at radius 3 is 2.75 bits per heavy atom. The number of unbranched alkanes of at least 4 members (excludes halogenated alkanes) is 3. The van der Waals surface area contributed by atoms with Crippen molar-refractivity contribution in [3.63, 3.8) is 0 Å². The molecule has 2 amide bonds. The number of benzene rings is 2. The lowest BCUT2D eigenvalue weighted by molar-refractivity contribution is -0.116. The molecule has 0 spiro atoms. The quantitative estimate of drug-likeness (QED) is 0.293. The van der Waals surface area contributed by atoms with Crippen LogP contribution in [0.5, 0.6) is 5.75 Å². The van der Waals surface area contributed by atoms with Gasteiger partial charge >= 0.3 is 0 Å². The average Bonchev–Trinajstić information content (AvgIpc) is 2.68. The number of nitrogens with zero attached hydrogens (tertiary/aromatic N) is 1. The number of hydrogen-bond acceptors (Lipinski definition) is 4. The molecule has 7 heteroatoms. The summed E-state index contributed by atoms with van der Waals surface area (Å²) in [6.07, 6.45) is 5.98. The topological polar surface area (TPSA) is 90.8 Å². The summed E-state index contributed by atoms with van der Waals surface area (Å²) in [6.45, 7) is 2.13. The van der Waals surface area contributed by atoms with Crippen LogP contribution in [0.15, 0.2) is 52.0 Å². The molecule has 0 atom stereocenters. The van der Waals surface area contributed by atoms with E-state index in [1.807, 2.05) is 0 Å². The number of phenols is 1. The predicted molar refractivity (Wildman–Crippen MR) is 115 cm³/mol. The van der Waals surface area contributed by atoms with Crippen LogP contribution in [0.25, 0.3) is 0 Å². The van der Waals surface area contributed by atoms with Gasteiger partial charge in [0.25, 0.3) is 5.91 Å². The van der Waals surface area contributed by atoms with E-state index in [1.54, 1.807) is 36.4 Å². The van der Waals surface area contributed by atoms with Crippen LogP contribution in [-0.2, 0) is 4.79 Å². The van der Waals surface area contributed by atoms with E-state index in [9.17, 15) is 14.7 Å². The molecule has 0 saturated carbocycles. The Kier molecular flexibility index (Phi) is 8.68. The second kappa shape index (κ2) is 11.2. The van der Waals surface area contributed by atoms with E-state index in [4.69, 9.17) is 0 Å². The number of hydrazone groups is 1. The summed E-state index contributed by atoms with van der Waals surface area (Å²) in [5.41, 5.74) is 3.83. The molecule has 0 fully saturated rings. The van der Waals surface area contributed by atoms with Crippen LogP contribution in [0, 0.1) is 0 Å². The molecule has 0 aliphatic heterocycles. The summed E-state index contributed by atoms with van der Waals surface area (Å²) in [6, 6.07) is 11.6. The van der Waals surface area contributed by atoms with Gasteiger partial charge in [0.15, 0.2) is 0 Å². The molecule has 0 aliphatic rings. The molecule has 148 valence electrons. The SMILES string of the molecule is CCCCCCC(=O)Nc1cccc(C(=O)NN=Cc2cc(Br)ccc2O)c1. The van der Waals surface area contributed by atoms with E-state index in [2.05, 4.69) is 38.7 Å². The molecule has 0 aliphatic carbocycles. The molecule has 2 aromatic rings. The lowest BCUT2D eigenvalue weighted by Crippen LogP contribution is -2.18. The number of carbonyl (C=O) groups excluding carboxylic acids is 2. The minimum atomic E-state index is -0.412.